The Morgan fingerprint density at radius 2 is 2.05 bits per heavy atom. The van der Waals surface area contributed by atoms with Crippen LogP contribution in [0.4, 0.5) is 8.78 Å². The predicted octanol–water partition coefficient (Wildman–Crippen LogP) is 4.16. The minimum Gasteiger partial charge on any atom is -0.313 e. The predicted molar refractivity (Wildman–Crippen MR) is 82.2 cm³/mol. The van der Waals surface area contributed by atoms with Gasteiger partial charge in [0.15, 0.2) is 0 Å². The first kappa shape index (κ1) is 15.8. The summed E-state index contributed by atoms with van der Waals surface area (Å²) in [5.41, 5.74) is 0.475. The molecule has 1 unspecified atom stereocenters. The molecule has 1 aliphatic rings. The fraction of sp³-hybridized carbons (Fsp3) is 0.625. The molecule has 1 aliphatic carbocycles. The maximum Gasteiger partial charge on any atom is 0.126 e. The average molecular weight is 299 g/mol. The minimum absolute atomic E-state index is 0.210. The molecule has 0 radical (unpaired) electrons. The van der Waals surface area contributed by atoms with E-state index in [1.807, 2.05) is 11.8 Å². The van der Waals surface area contributed by atoms with Crippen molar-refractivity contribution in [3.05, 3.63) is 35.4 Å². The molecule has 0 spiro atoms. The van der Waals surface area contributed by atoms with Gasteiger partial charge in [0.1, 0.15) is 11.6 Å². The smallest absolute Gasteiger partial charge is 0.126 e. The van der Waals surface area contributed by atoms with Gasteiger partial charge in [0.2, 0.25) is 0 Å². The van der Waals surface area contributed by atoms with Crippen LogP contribution in [0.25, 0.3) is 0 Å². The van der Waals surface area contributed by atoms with Gasteiger partial charge in [0, 0.05) is 17.0 Å². The van der Waals surface area contributed by atoms with Crippen LogP contribution in [0.3, 0.4) is 0 Å². The van der Waals surface area contributed by atoms with Crippen molar-refractivity contribution in [2.75, 3.05) is 12.3 Å². The quantitative estimate of drug-likeness (QED) is 0.811. The summed E-state index contributed by atoms with van der Waals surface area (Å²) < 4.78 is 26.9. The zero-order chi connectivity index (χ0) is 14.4. The molecule has 0 saturated heterocycles. The third-order valence-corrected chi connectivity index (χ3v) is 5.34. The van der Waals surface area contributed by atoms with Crippen LogP contribution >= 0.6 is 11.8 Å². The van der Waals surface area contributed by atoms with Gasteiger partial charge in [-0.15, -0.1) is 0 Å². The largest absolute Gasteiger partial charge is 0.313 e. The molecule has 0 heterocycles. The lowest BCUT2D eigenvalue weighted by atomic mass is 10.1. The Hall–Kier alpha value is -0.610. The number of benzene rings is 1. The van der Waals surface area contributed by atoms with Gasteiger partial charge in [-0.3, -0.25) is 0 Å². The molecule has 1 N–H and O–H groups in total. The van der Waals surface area contributed by atoms with Gasteiger partial charge in [0.05, 0.1) is 0 Å². The molecule has 0 aromatic heterocycles. The van der Waals surface area contributed by atoms with Crippen LogP contribution in [-0.2, 0) is 6.42 Å². The fourth-order valence-corrected chi connectivity index (χ4v) is 4.16. The fourth-order valence-electron chi connectivity index (χ4n) is 2.75. The number of halogens is 2. The third-order valence-electron chi connectivity index (χ3n) is 3.80. The van der Waals surface area contributed by atoms with Crippen molar-refractivity contribution < 1.29 is 8.78 Å². The van der Waals surface area contributed by atoms with Crippen LogP contribution in [0.1, 0.15) is 38.2 Å². The summed E-state index contributed by atoms with van der Waals surface area (Å²) in [5.74, 6) is 0.300. The van der Waals surface area contributed by atoms with E-state index in [1.165, 1.54) is 43.9 Å². The zero-order valence-electron chi connectivity index (χ0n) is 12.0. The summed E-state index contributed by atoms with van der Waals surface area (Å²) in [7, 11) is 0. The number of thioether (sulfide) groups is 1. The topological polar surface area (TPSA) is 12.0 Å². The van der Waals surface area contributed by atoms with Crippen molar-refractivity contribution in [1.82, 2.24) is 5.32 Å². The Kier molecular flexibility index (Phi) is 6.30. The molecule has 0 amide bonds. The van der Waals surface area contributed by atoms with Crippen molar-refractivity contribution in [2.45, 2.75) is 50.3 Å². The normalized spacial score (nSPS) is 17.6. The lowest BCUT2D eigenvalue weighted by Crippen LogP contribution is -2.34. The second-order valence-corrected chi connectivity index (χ2v) is 6.77. The van der Waals surface area contributed by atoms with Crippen LogP contribution in [0.5, 0.6) is 0 Å². The monoisotopic (exact) mass is 299 g/mol. The first-order chi connectivity index (χ1) is 9.69. The number of hydrogen-bond donors (Lipinski definition) is 1. The van der Waals surface area contributed by atoms with E-state index in [0.29, 0.717) is 12.0 Å². The lowest BCUT2D eigenvalue weighted by Gasteiger charge is -2.20. The minimum atomic E-state index is -0.361. The van der Waals surface area contributed by atoms with E-state index in [-0.39, 0.29) is 17.7 Å². The Balaban J connectivity index is 1.91. The van der Waals surface area contributed by atoms with Crippen LogP contribution in [0.15, 0.2) is 18.2 Å². The van der Waals surface area contributed by atoms with Gasteiger partial charge in [-0.25, -0.2) is 8.78 Å². The van der Waals surface area contributed by atoms with E-state index < -0.39 is 0 Å². The van der Waals surface area contributed by atoms with E-state index in [0.717, 1.165) is 17.5 Å². The first-order valence-electron chi connectivity index (χ1n) is 7.48. The molecule has 2 rings (SSSR count). The van der Waals surface area contributed by atoms with Gasteiger partial charge in [-0.05, 0) is 49.6 Å². The van der Waals surface area contributed by atoms with Crippen LogP contribution in [0, 0.1) is 11.6 Å². The van der Waals surface area contributed by atoms with Crippen molar-refractivity contribution >= 4 is 11.8 Å². The lowest BCUT2D eigenvalue weighted by molar-refractivity contribution is 0.537. The molecule has 4 heteroatoms. The summed E-state index contributed by atoms with van der Waals surface area (Å²) in [6.45, 7) is 2.90. The molecule has 1 atom stereocenters. The number of nitrogens with one attached hydrogen (secondary N) is 1. The van der Waals surface area contributed by atoms with E-state index in [9.17, 15) is 8.78 Å². The highest BCUT2D eigenvalue weighted by Gasteiger charge is 2.18. The molecule has 0 aliphatic heterocycles. The number of rotatable bonds is 7. The highest BCUT2D eigenvalue weighted by Crippen LogP contribution is 2.30. The van der Waals surface area contributed by atoms with Crippen LogP contribution < -0.4 is 5.32 Å². The standard InChI is InChI=1S/C16H23F2NS/c1-2-19-14(11-20-15-5-3-4-6-15)10-12-9-13(17)7-8-16(12)18/h7-9,14-15,19H,2-6,10-11H2,1H3. The third kappa shape index (κ3) is 4.74. The highest BCUT2D eigenvalue weighted by atomic mass is 32.2. The van der Waals surface area contributed by atoms with E-state index >= 15 is 0 Å². The van der Waals surface area contributed by atoms with Crippen LogP contribution in [-0.4, -0.2) is 23.6 Å². The summed E-state index contributed by atoms with van der Waals surface area (Å²) in [4.78, 5) is 0. The van der Waals surface area contributed by atoms with Crippen molar-refractivity contribution in [1.29, 1.82) is 0 Å². The number of hydrogen-bond acceptors (Lipinski definition) is 2. The average Bonchev–Trinajstić information content (AvgIpc) is 2.93. The summed E-state index contributed by atoms with van der Waals surface area (Å²) in [5, 5.41) is 4.15. The van der Waals surface area contributed by atoms with Crippen LogP contribution in [0.2, 0.25) is 0 Å². The molecular weight excluding hydrogens is 276 g/mol. The summed E-state index contributed by atoms with van der Waals surface area (Å²) in [6.07, 6.45) is 5.83. The van der Waals surface area contributed by atoms with E-state index in [4.69, 9.17) is 0 Å². The molecule has 1 saturated carbocycles. The zero-order valence-corrected chi connectivity index (χ0v) is 12.8. The molecular formula is C16H23F2NS. The van der Waals surface area contributed by atoms with Gasteiger partial charge in [-0.2, -0.15) is 11.8 Å². The Morgan fingerprint density at radius 1 is 1.30 bits per heavy atom. The van der Waals surface area contributed by atoms with E-state index in [1.54, 1.807) is 0 Å². The summed E-state index contributed by atoms with van der Waals surface area (Å²) in [6, 6.07) is 3.92. The number of likely N-dealkylation sites (N-methyl/N-ethyl adjacent to an activating group) is 1. The van der Waals surface area contributed by atoms with Crippen molar-refractivity contribution in [2.24, 2.45) is 0 Å². The molecule has 1 aromatic rings. The molecule has 1 aromatic carbocycles. The second kappa shape index (κ2) is 7.99. The van der Waals surface area contributed by atoms with Gasteiger partial charge < -0.3 is 5.32 Å². The Labute approximate surface area is 124 Å². The summed E-state index contributed by atoms with van der Waals surface area (Å²) >= 11 is 1.98. The highest BCUT2D eigenvalue weighted by molar-refractivity contribution is 7.99. The second-order valence-electron chi connectivity index (χ2n) is 5.43. The maximum atomic E-state index is 13.7. The SMILES string of the molecule is CCNC(CSC1CCCC1)Cc1cc(F)ccc1F. The Bertz CT molecular complexity index is 419. The van der Waals surface area contributed by atoms with E-state index in [2.05, 4.69) is 12.2 Å². The van der Waals surface area contributed by atoms with Gasteiger partial charge in [0.25, 0.3) is 0 Å². The maximum absolute atomic E-state index is 13.7. The Morgan fingerprint density at radius 3 is 2.75 bits per heavy atom. The molecule has 20 heavy (non-hydrogen) atoms. The van der Waals surface area contributed by atoms with Crippen molar-refractivity contribution in [3.63, 3.8) is 0 Å². The van der Waals surface area contributed by atoms with Gasteiger partial charge in [-0.1, -0.05) is 19.8 Å². The molecule has 1 nitrogen and oxygen atoms in total. The molecule has 0 bridgehead atoms. The molecule has 112 valence electrons. The first-order valence-corrected chi connectivity index (χ1v) is 8.53. The van der Waals surface area contributed by atoms with Crippen molar-refractivity contribution in [3.8, 4) is 0 Å². The molecule has 1 fully saturated rings. The van der Waals surface area contributed by atoms with Gasteiger partial charge >= 0.3 is 0 Å².